The van der Waals surface area contributed by atoms with E-state index in [2.05, 4.69) is 0 Å². The fourth-order valence-electron chi connectivity index (χ4n) is 3.84. The minimum Gasteiger partial charge on any atom is -0.273 e. The number of rotatable bonds is 3. The maximum absolute atomic E-state index is 13.4. The summed E-state index contributed by atoms with van der Waals surface area (Å²) in [5, 5.41) is 4.27. The third-order valence-electron chi connectivity index (χ3n) is 5.12. The summed E-state index contributed by atoms with van der Waals surface area (Å²) in [7, 11) is 0. The predicted octanol–water partition coefficient (Wildman–Crippen LogP) is 5.11. The molecule has 0 unspecified atom stereocenters. The van der Waals surface area contributed by atoms with Crippen molar-refractivity contribution in [2.24, 2.45) is 5.92 Å². The zero-order valence-corrected chi connectivity index (χ0v) is 17.2. The molecule has 8 heteroatoms. The van der Waals surface area contributed by atoms with Gasteiger partial charge in [0.05, 0.1) is 21.4 Å². The molecular weight excluding hydrogens is 431 g/mol. The Morgan fingerprint density at radius 2 is 1.66 bits per heavy atom. The van der Waals surface area contributed by atoms with Gasteiger partial charge >= 0.3 is 0 Å². The number of thiophene rings is 1. The van der Waals surface area contributed by atoms with Crippen LogP contribution in [0.1, 0.15) is 10.9 Å². The number of imide groups is 1. The van der Waals surface area contributed by atoms with Crippen molar-refractivity contribution in [1.29, 1.82) is 0 Å². The monoisotopic (exact) mass is 444 g/mol. The molecule has 2 saturated heterocycles. The van der Waals surface area contributed by atoms with Crippen molar-refractivity contribution in [2.75, 3.05) is 9.96 Å². The molecule has 29 heavy (non-hydrogen) atoms. The van der Waals surface area contributed by atoms with Crippen molar-refractivity contribution < 1.29 is 14.4 Å². The molecule has 0 radical (unpaired) electrons. The van der Waals surface area contributed by atoms with E-state index in [1.54, 1.807) is 17.2 Å². The van der Waals surface area contributed by atoms with E-state index in [0.29, 0.717) is 10.7 Å². The largest absolute Gasteiger partial charge is 0.273 e. The number of carbonyl (C=O) groups is 2. The van der Waals surface area contributed by atoms with Crippen LogP contribution >= 0.6 is 34.5 Å². The van der Waals surface area contributed by atoms with Crippen LogP contribution < -0.4 is 9.96 Å². The minimum absolute atomic E-state index is 0.281. The maximum atomic E-state index is 13.4. The van der Waals surface area contributed by atoms with Gasteiger partial charge < -0.3 is 0 Å². The molecule has 5 nitrogen and oxygen atoms in total. The Morgan fingerprint density at radius 1 is 0.862 bits per heavy atom. The number of carbonyl (C=O) groups excluding carboxylic acids is 2. The Kier molecular flexibility index (Phi) is 4.59. The summed E-state index contributed by atoms with van der Waals surface area (Å²) in [6.45, 7) is 0. The normalized spacial score (nSPS) is 23.7. The number of hydrogen-bond donors (Lipinski definition) is 0. The first-order valence-corrected chi connectivity index (χ1v) is 10.6. The standard InChI is InChI=1S/C21H14Cl2N2O3S/c22-14-9-8-13(11-15(14)23)24-20(26)17-18(16-7-4-10-29-16)25(28-19(17)21(24)27)12-5-2-1-3-6-12/h1-11,17-19H/t17-,18-,19+/m0/s1. The van der Waals surface area contributed by atoms with E-state index < -0.39 is 24.0 Å². The number of para-hydroxylation sites is 1. The summed E-state index contributed by atoms with van der Waals surface area (Å²) in [4.78, 5) is 34.7. The molecule has 2 aromatic carbocycles. The third-order valence-corrected chi connectivity index (χ3v) is 6.80. The minimum atomic E-state index is -0.899. The molecule has 3 aromatic rings. The lowest BCUT2D eigenvalue weighted by Gasteiger charge is -2.27. The lowest BCUT2D eigenvalue weighted by Crippen LogP contribution is -2.37. The third kappa shape index (κ3) is 2.95. The highest BCUT2D eigenvalue weighted by Crippen LogP contribution is 2.48. The summed E-state index contributed by atoms with van der Waals surface area (Å²) in [5.41, 5.74) is 1.19. The molecule has 3 heterocycles. The van der Waals surface area contributed by atoms with Crippen molar-refractivity contribution >= 4 is 57.7 Å². The van der Waals surface area contributed by atoms with Gasteiger partial charge in [-0.1, -0.05) is 47.5 Å². The summed E-state index contributed by atoms with van der Waals surface area (Å²) in [6.07, 6.45) is -0.899. The number of halogens is 2. The quantitative estimate of drug-likeness (QED) is 0.526. The van der Waals surface area contributed by atoms with E-state index >= 15 is 0 Å². The van der Waals surface area contributed by atoms with Crippen molar-refractivity contribution in [3.8, 4) is 0 Å². The van der Waals surface area contributed by atoms with Crippen LogP contribution in [0.3, 0.4) is 0 Å². The molecule has 2 aliphatic heterocycles. The highest BCUT2D eigenvalue weighted by atomic mass is 35.5. The van der Waals surface area contributed by atoms with E-state index in [1.807, 2.05) is 47.8 Å². The molecule has 2 fully saturated rings. The van der Waals surface area contributed by atoms with Crippen LogP contribution in [0.5, 0.6) is 0 Å². The van der Waals surface area contributed by atoms with Crippen LogP contribution in [0.25, 0.3) is 0 Å². The van der Waals surface area contributed by atoms with E-state index in [4.69, 9.17) is 28.0 Å². The summed E-state index contributed by atoms with van der Waals surface area (Å²) < 4.78 is 0. The molecule has 2 amide bonds. The van der Waals surface area contributed by atoms with Gasteiger partial charge in [0.1, 0.15) is 12.0 Å². The Labute approximate surface area is 181 Å². The zero-order chi connectivity index (χ0) is 20.1. The summed E-state index contributed by atoms with van der Waals surface area (Å²) in [6, 6.07) is 17.7. The van der Waals surface area contributed by atoms with Crippen LogP contribution in [-0.2, 0) is 14.4 Å². The summed E-state index contributed by atoms with van der Waals surface area (Å²) in [5.74, 6) is -1.37. The zero-order valence-electron chi connectivity index (χ0n) is 14.9. The Hall–Kier alpha value is -2.38. The molecule has 3 atom stereocenters. The van der Waals surface area contributed by atoms with E-state index in [-0.39, 0.29) is 10.9 Å². The van der Waals surface area contributed by atoms with Crippen LogP contribution in [0.15, 0.2) is 66.0 Å². The first-order chi connectivity index (χ1) is 14.1. The average molecular weight is 445 g/mol. The van der Waals surface area contributed by atoms with Crippen molar-refractivity contribution in [1.82, 2.24) is 0 Å². The maximum Gasteiger partial charge on any atom is 0.266 e. The number of benzene rings is 2. The molecule has 1 aromatic heterocycles. The lowest BCUT2D eigenvalue weighted by molar-refractivity contribution is -0.126. The molecule has 0 saturated carbocycles. The highest BCUT2D eigenvalue weighted by molar-refractivity contribution is 7.10. The summed E-state index contributed by atoms with van der Waals surface area (Å²) >= 11 is 13.6. The first-order valence-electron chi connectivity index (χ1n) is 8.93. The topological polar surface area (TPSA) is 49.9 Å². The van der Waals surface area contributed by atoms with Gasteiger partial charge in [0.25, 0.3) is 5.91 Å². The van der Waals surface area contributed by atoms with Crippen molar-refractivity contribution in [3.05, 3.63) is 81.0 Å². The van der Waals surface area contributed by atoms with Crippen LogP contribution in [0.2, 0.25) is 10.0 Å². The van der Waals surface area contributed by atoms with Crippen LogP contribution in [0, 0.1) is 5.92 Å². The van der Waals surface area contributed by atoms with Gasteiger partial charge in [-0.05, 0) is 41.8 Å². The van der Waals surface area contributed by atoms with Crippen molar-refractivity contribution in [3.63, 3.8) is 0 Å². The number of hydroxylamine groups is 1. The van der Waals surface area contributed by atoms with E-state index in [0.717, 1.165) is 15.5 Å². The molecule has 146 valence electrons. The second-order valence-electron chi connectivity index (χ2n) is 6.78. The number of nitrogens with zero attached hydrogens (tertiary/aromatic N) is 2. The molecule has 0 aliphatic carbocycles. The molecule has 5 rings (SSSR count). The fraction of sp³-hybridized carbons (Fsp3) is 0.143. The number of anilines is 2. The Morgan fingerprint density at radius 3 is 2.34 bits per heavy atom. The second kappa shape index (κ2) is 7.15. The SMILES string of the molecule is O=C1[C@@H]2[C@@H](ON(c3ccccc3)[C@H]2c2cccs2)C(=O)N1c1ccc(Cl)c(Cl)c1. The number of hydrogen-bond acceptors (Lipinski definition) is 5. The van der Waals surface area contributed by atoms with Gasteiger partial charge in [-0.25, -0.2) is 9.96 Å². The molecule has 2 aliphatic rings. The van der Waals surface area contributed by atoms with Gasteiger partial charge in [0.15, 0.2) is 6.10 Å². The van der Waals surface area contributed by atoms with Gasteiger partial charge in [-0.2, -0.15) is 0 Å². The van der Waals surface area contributed by atoms with Crippen LogP contribution in [0.4, 0.5) is 11.4 Å². The molecule has 0 bridgehead atoms. The average Bonchev–Trinajstić information content (AvgIpc) is 3.43. The molecule has 0 spiro atoms. The Bertz CT molecular complexity index is 1090. The van der Waals surface area contributed by atoms with Gasteiger partial charge in [-0.3, -0.25) is 14.4 Å². The molecule has 0 N–H and O–H groups in total. The second-order valence-corrected chi connectivity index (χ2v) is 8.58. The number of amides is 2. The first kappa shape index (κ1) is 18.6. The van der Waals surface area contributed by atoms with Crippen LogP contribution in [-0.4, -0.2) is 17.9 Å². The van der Waals surface area contributed by atoms with Gasteiger partial charge in [-0.15, -0.1) is 11.3 Å². The fourth-order valence-corrected chi connectivity index (χ4v) is 4.99. The van der Waals surface area contributed by atoms with E-state index in [9.17, 15) is 9.59 Å². The number of fused-ring (bicyclic) bond motifs is 1. The smallest absolute Gasteiger partial charge is 0.266 e. The molecular formula is C21H14Cl2N2O3S. The highest BCUT2D eigenvalue weighted by Gasteiger charge is 2.60. The van der Waals surface area contributed by atoms with Gasteiger partial charge in [0.2, 0.25) is 5.91 Å². The Balaban J connectivity index is 1.57. The lowest BCUT2D eigenvalue weighted by atomic mass is 9.95. The van der Waals surface area contributed by atoms with Crippen molar-refractivity contribution in [2.45, 2.75) is 12.1 Å². The van der Waals surface area contributed by atoms with Gasteiger partial charge in [0, 0.05) is 4.88 Å². The predicted molar refractivity (Wildman–Crippen MR) is 113 cm³/mol. The van der Waals surface area contributed by atoms with E-state index in [1.165, 1.54) is 17.4 Å².